The van der Waals surface area contributed by atoms with E-state index in [1.165, 1.54) is 0 Å². The molecule has 3 amide bonds. The zero-order valence-electron chi connectivity index (χ0n) is 15.3. The van der Waals surface area contributed by atoms with Crippen molar-refractivity contribution in [1.82, 2.24) is 4.98 Å². The van der Waals surface area contributed by atoms with Crippen molar-refractivity contribution in [1.29, 1.82) is 0 Å². The number of hydrogen-bond acceptors (Lipinski definition) is 4. The summed E-state index contributed by atoms with van der Waals surface area (Å²) in [6, 6.07) is 3.61. The number of pyridine rings is 1. The molecular weight excluding hydrogens is 344 g/mol. The van der Waals surface area contributed by atoms with Crippen LogP contribution in [0.1, 0.15) is 36.9 Å². The number of amides is 3. The van der Waals surface area contributed by atoms with Gasteiger partial charge in [0.05, 0.1) is 11.1 Å². The molecule has 4 atom stereocenters. The fraction of sp³-hybridized carbons (Fsp3) is 0.500. The molecule has 0 aliphatic heterocycles. The second-order valence-electron chi connectivity index (χ2n) is 8.27. The van der Waals surface area contributed by atoms with Gasteiger partial charge in [-0.2, -0.15) is 0 Å². The molecule has 6 N–H and O–H groups in total. The van der Waals surface area contributed by atoms with E-state index < -0.39 is 28.6 Å². The van der Waals surface area contributed by atoms with Gasteiger partial charge in [-0.3, -0.25) is 19.4 Å². The molecule has 1 heterocycles. The average molecular weight is 368 g/mol. The first-order valence-corrected chi connectivity index (χ1v) is 9.23. The summed E-state index contributed by atoms with van der Waals surface area (Å²) in [5.74, 6) is -2.29. The number of nitrogens with two attached hydrogens (primary N) is 3. The second kappa shape index (κ2) is 5.41. The van der Waals surface area contributed by atoms with Gasteiger partial charge in [-0.25, -0.2) is 0 Å². The monoisotopic (exact) mass is 368 g/mol. The first-order valence-electron chi connectivity index (χ1n) is 9.23. The molecule has 2 saturated carbocycles. The Bertz CT molecular complexity index is 874. The summed E-state index contributed by atoms with van der Waals surface area (Å²) in [5, 5.41) is 0. The third kappa shape index (κ3) is 1.91. The quantitative estimate of drug-likeness (QED) is 0.626. The number of carbonyl (C=O) groups is 3. The molecule has 0 saturated heterocycles. The van der Waals surface area contributed by atoms with Gasteiger partial charge in [0.25, 0.3) is 0 Å². The maximum Gasteiger partial charge on any atom is 0.231 e. The van der Waals surface area contributed by atoms with E-state index in [-0.39, 0.29) is 30.1 Å². The Morgan fingerprint density at radius 3 is 2.22 bits per heavy atom. The number of allylic oxidation sites excluding steroid dienone is 2. The van der Waals surface area contributed by atoms with Gasteiger partial charge in [0.15, 0.2) is 0 Å². The highest BCUT2D eigenvalue weighted by Crippen LogP contribution is 2.80. The average Bonchev–Trinajstić information content (AvgIpc) is 3.27. The third-order valence-electron chi connectivity index (χ3n) is 7.17. The molecule has 1 aromatic rings. The van der Waals surface area contributed by atoms with Crippen LogP contribution in [-0.2, 0) is 19.8 Å². The Labute approximate surface area is 157 Å². The van der Waals surface area contributed by atoms with E-state index in [0.29, 0.717) is 5.69 Å². The highest BCUT2D eigenvalue weighted by molar-refractivity contribution is 5.99. The van der Waals surface area contributed by atoms with Crippen molar-refractivity contribution in [2.45, 2.75) is 38.0 Å². The number of carbonyl (C=O) groups excluding carboxylic acids is 3. The van der Waals surface area contributed by atoms with Crippen LogP contribution in [0.2, 0.25) is 0 Å². The van der Waals surface area contributed by atoms with Crippen LogP contribution >= 0.6 is 0 Å². The fourth-order valence-electron chi connectivity index (χ4n) is 6.05. The van der Waals surface area contributed by atoms with E-state index in [1.54, 1.807) is 12.3 Å². The van der Waals surface area contributed by atoms with Gasteiger partial charge in [-0.1, -0.05) is 18.2 Å². The number of aromatic nitrogens is 1. The Morgan fingerprint density at radius 1 is 1.07 bits per heavy atom. The van der Waals surface area contributed by atoms with Gasteiger partial charge in [0.1, 0.15) is 5.41 Å². The van der Waals surface area contributed by atoms with E-state index >= 15 is 0 Å². The van der Waals surface area contributed by atoms with E-state index in [1.807, 2.05) is 25.1 Å². The van der Waals surface area contributed by atoms with Crippen LogP contribution in [0.15, 0.2) is 30.5 Å². The lowest BCUT2D eigenvalue weighted by molar-refractivity contribution is -0.144. The molecule has 4 rings (SSSR count). The van der Waals surface area contributed by atoms with Gasteiger partial charge in [-0.15, -0.1) is 0 Å². The minimum Gasteiger partial charge on any atom is -0.370 e. The normalized spacial score (nSPS) is 34.7. The van der Waals surface area contributed by atoms with Crippen LogP contribution < -0.4 is 17.2 Å². The fourth-order valence-corrected chi connectivity index (χ4v) is 6.05. The molecule has 7 nitrogen and oxygen atoms in total. The van der Waals surface area contributed by atoms with E-state index in [4.69, 9.17) is 17.2 Å². The molecule has 7 heteroatoms. The minimum atomic E-state index is -1.38. The summed E-state index contributed by atoms with van der Waals surface area (Å²) in [7, 11) is 0. The van der Waals surface area contributed by atoms with E-state index in [9.17, 15) is 14.4 Å². The van der Waals surface area contributed by atoms with Crippen molar-refractivity contribution in [2.75, 3.05) is 0 Å². The minimum absolute atomic E-state index is 0.0447. The van der Waals surface area contributed by atoms with Crippen molar-refractivity contribution in [2.24, 2.45) is 39.9 Å². The maximum atomic E-state index is 13.1. The number of hydrogen-bond donors (Lipinski definition) is 3. The summed E-state index contributed by atoms with van der Waals surface area (Å²) >= 11 is 0. The van der Waals surface area contributed by atoms with Gasteiger partial charge in [-0.05, 0) is 49.1 Å². The SMILES string of the molecule is Cc1ccc([C@@]2(C(N)=O)[C@H]3C=C[C@H](C34CC4)[C@@]2(CCC(N)=O)C(N)=O)nc1. The maximum absolute atomic E-state index is 13.1. The van der Waals surface area contributed by atoms with Crippen molar-refractivity contribution in [3.8, 4) is 0 Å². The largest absolute Gasteiger partial charge is 0.370 e. The van der Waals surface area contributed by atoms with Crippen LogP contribution in [0.3, 0.4) is 0 Å². The Kier molecular flexibility index (Phi) is 3.54. The lowest BCUT2D eigenvalue weighted by Crippen LogP contribution is -2.62. The van der Waals surface area contributed by atoms with Crippen LogP contribution in [0.25, 0.3) is 0 Å². The number of nitrogens with zero attached hydrogens (tertiary/aromatic N) is 1. The van der Waals surface area contributed by atoms with Crippen LogP contribution in [0.4, 0.5) is 0 Å². The second-order valence-corrected chi connectivity index (χ2v) is 8.27. The zero-order chi connectivity index (χ0) is 19.6. The molecule has 3 aliphatic rings. The lowest BCUT2D eigenvalue weighted by Gasteiger charge is -2.47. The van der Waals surface area contributed by atoms with E-state index in [0.717, 1.165) is 18.4 Å². The van der Waals surface area contributed by atoms with Crippen molar-refractivity contribution < 1.29 is 14.4 Å². The molecule has 27 heavy (non-hydrogen) atoms. The first kappa shape index (κ1) is 17.7. The third-order valence-corrected chi connectivity index (χ3v) is 7.17. The topological polar surface area (TPSA) is 142 Å². The summed E-state index contributed by atoms with van der Waals surface area (Å²) in [5.41, 5.74) is 15.9. The zero-order valence-corrected chi connectivity index (χ0v) is 15.3. The summed E-state index contributed by atoms with van der Waals surface area (Å²) in [4.78, 5) is 42.2. The smallest absolute Gasteiger partial charge is 0.231 e. The number of primary amides is 3. The van der Waals surface area contributed by atoms with Gasteiger partial charge < -0.3 is 17.2 Å². The summed E-state index contributed by atoms with van der Waals surface area (Å²) in [6.07, 6.45) is 7.47. The van der Waals surface area contributed by atoms with Crippen LogP contribution in [-0.4, -0.2) is 22.7 Å². The summed E-state index contributed by atoms with van der Waals surface area (Å²) in [6.45, 7) is 1.89. The molecule has 0 radical (unpaired) electrons. The number of rotatable bonds is 6. The first-order chi connectivity index (χ1) is 12.7. The Hall–Kier alpha value is -2.70. The van der Waals surface area contributed by atoms with Crippen molar-refractivity contribution in [3.05, 3.63) is 41.7 Å². The Balaban J connectivity index is 2.02. The highest BCUT2D eigenvalue weighted by atomic mass is 16.2. The van der Waals surface area contributed by atoms with E-state index in [2.05, 4.69) is 4.98 Å². The predicted octanol–water partition coefficient (Wildman–Crippen LogP) is 0.446. The molecule has 0 unspecified atom stereocenters. The van der Waals surface area contributed by atoms with Crippen LogP contribution in [0.5, 0.6) is 0 Å². The van der Waals surface area contributed by atoms with Gasteiger partial charge in [0.2, 0.25) is 17.7 Å². The molecule has 0 aromatic carbocycles. The predicted molar refractivity (Wildman–Crippen MR) is 97.7 cm³/mol. The molecule has 142 valence electrons. The van der Waals surface area contributed by atoms with Crippen LogP contribution in [0, 0.1) is 29.6 Å². The summed E-state index contributed by atoms with van der Waals surface area (Å²) < 4.78 is 0. The molecule has 3 aliphatic carbocycles. The molecule has 1 aromatic heterocycles. The lowest BCUT2D eigenvalue weighted by atomic mass is 9.53. The standard InChI is InChI=1S/C20H24N4O3/c1-11-2-5-14(24-10-11)20(17(23)27)13-4-3-12(18(13)8-9-18)19(20,16(22)26)7-6-15(21)25/h2-5,10,12-13H,6-9H2,1H3,(H2,21,25)(H2,22,26)(H2,23,27)/t12-,13+,19+,20-/m1/s1. The van der Waals surface area contributed by atoms with Crippen molar-refractivity contribution >= 4 is 17.7 Å². The molecule has 2 bridgehead atoms. The number of aryl methyl sites for hydroxylation is 1. The van der Waals surface area contributed by atoms with Crippen molar-refractivity contribution in [3.63, 3.8) is 0 Å². The molecule has 2 fully saturated rings. The molecule has 1 spiro atoms. The van der Waals surface area contributed by atoms with Gasteiger partial charge in [0, 0.05) is 18.5 Å². The molecular formula is C20H24N4O3. The Morgan fingerprint density at radius 2 is 1.74 bits per heavy atom. The highest BCUT2D eigenvalue weighted by Gasteiger charge is 2.83. The van der Waals surface area contributed by atoms with Gasteiger partial charge >= 0.3 is 0 Å².